The first-order valence-corrected chi connectivity index (χ1v) is 4.85. The number of rotatable bonds is 2. The maximum Gasteiger partial charge on any atom is 0.144 e. The van der Waals surface area contributed by atoms with E-state index in [0.29, 0.717) is 5.69 Å². The van der Waals surface area contributed by atoms with Crippen molar-refractivity contribution in [3.8, 4) is 11.8 Å². The van der Waals surface area contributed by atoms with Crippen LogP contribution in [0.3, 0.4) is 0 Å². The van der Waals surface area contributed by atoms with Gasteiger partial charge in [-0.05, 0) is 18.2 Å². The lowest BCUT2D eigenvalue weighted by molar-refractivity contribution is 0.417. The molecule has 2 rings (SSSR count). The molecule has 1 N–H and O–H groups in total. The summed E-state index contributed by atoms with van der Waals surface area (Å²) in [5.74, 6) is 0.720. The first-order chi connectivity index (χ1) is 7.78. The molecule has 0 aliphatic heterocycles. The second-order valence-electron chi connectivity index (χ2n) is 3.30. The number of hydrogen-bond donors (Lipinski definition) is 1. The van der Waals surface area contributed by atoms with Crippen molar-refractivity contribution in [2.45, 2.75) is 0 Å². The molecule has 0 amide bonds. The molecule has 0 unspecified atom stereocenters. The van der Waals surface area contributed by atoms with Crippen LogP contribution in [0.2, 0.25) is 0 Å². The second-order valence-corrected chi connectivity index (χ2v) is 3.30. The molecule has 1 aromatic carbocycles. The van der Waals surface area contributed by atoms with Crippen LogP contribution < -0.4 is 10.1 Å². The van der Waals surface area contributed by atoms with E-state index in [2.05, 4.69) is 10.3 Å². The lowest BCUT2D eigenvalue weighted by Crippen LogP contribution is -1.95. The third kappa shape index (κ3) is 1.63. The smallest absolute Gasteiger partial charge is 0.144 e. The lowest BCUT2D eigenvalue weighted by atomic mass is 10.1. The minimum absolute atomic E-state index is 0.409. The molecule has 4 nitrogen and oxygen atoms in total. The van der Waals surface area contributed by atoms with Gasteiger partial charge in [0.2, 0.25) is 0 Å². The standard InChI is InChI=1S/C12H11N3O/c1-14-11-5-8-3-4-9(7-13)15-10(8)6-12(11)16-2/h3-6,14H,1-2H3. The van der Waals surface area contributed by atoms with E-state index >= 15 is 0 Å². The Hall–Kier alpha value is -2.28. The number of nitrogens with one attached hydrogen (secondary N) is 1. The van der Waals surface area contributed by atoms with Crippen molar-refractivity contribution in [1.82, 2.24) is 4.98 Å². The number of fused-ring (bicyclic) bond motifs is 1. The first kappa shape index (κ1) is 10.2. The van der Waals surface area contributed by atoms with Crippen LogP contribution in [-0.4, -0.2) is 19.1 Å². The van der Waals surface area contributed by atoms with Crippen LogP contribution >= 0.6 is 0 Å². The fourth-order valence-electron chi connectivity index (χ4n) is 1.58. The van der Waals surface area contributed by atoms with Gasteiger partial charge in [-0.25, -0.2) is 4.98 Å². The molecule has 0 aliphatic rings. The Morgan fingerprint density at radius 1 is 1.38 bits per heavy atom. The van der Waals surface area contributed by atoms with E-state index < -0.39 is 0 Å². The van der Waals surface area contributed by atoms with Gasteiger partial charge in [0.25, 0.3) is 0 Å². The first-order valence-electron chi connectivity index (χ1n) is 4.85. The monoisotopic (exact) mass is 213 g/mol. The fourth-order valence-corrected chi connectivity index (χ4v) is 1.58. The van der Waals surface area contributed by atoms with E-state index in [0.717, 1.165) is 22.3 Å². The van der Waals surface area contributed by atoms with Gasteiger partial charge in [0.1, 0.15) is 17.5 Å². The highest BCUT2D eigenvalue weighted by Crippen LogP contribution is 2.28. The molecular weight excluding hydrogens is 202 g/mol. The van der Waals surface area contributed by atoms with E-state index in [1.54, 1.807) is 13.2 Å². The van der Waals surface area contributed by atoms with E-state index in [1.165, 1.54) is 0 Å². The van der Waals surface area contributed by atoms with Crippen molar-refractivity contribution in [2.24, 2.45) is 0 Å². The summed E-state index contributed by atoms with van der Waals surface area (Å²) in [5.41, 5.74) is 2.07. The molecule has 16 heavy (non-hydrogen) atoms. The maximum atomic E-state index is 8.77. The molecule has 0 atom stereocenters. The number of ether oxygens (including phenoxy) is 1. The van der Waals surface area contributed by atoms with Gasteiger partial charge in [0.15, 0.2) is 0 Å². The Balaban J connectivity index is 2.69. The Morgan fingerprint density at radius 2 is 2.19 bits per heavy atom. The number of anilines is 1. The van der Waals surface area contributed by atoms with Gasteiger partial charge in [0, 0.05) is 18.5 Å². The molecule has 80 valence electrons. The Labute approximate surface area is 93.5 Å². The van der Waals surface area contributed by atoms with Gasteiger partial charge in [-0.2, -0.15) is 5.26 Å². The molecule has 0 radical (unpaired) electrons. The minimum Gasteiger partial charge on any atom is -0.495 e. The van der Waals surface area contributed by atoms with Crippen molar-refractivity contribution < 1.29 is 4.74 Å². The second kappa shape index (κ2) is 4.07. The van der Waals surface area contributed by atoms with E-state index in [-0.39, 0.29) is 0 Å². The number of aromatic nitrogens is 1. The molecule has 0 saturated heterocycles. The van der Waals surface area contributed by atoms with Crippen LogP contribution in [0.25, 0.3) is 10.9 Å². The van der Waals surface area contributed by atoms with Crippen molar-refractivity contribution in [2.75, 3.05) is 19.5 Å². The van der Waals surface area contributed by atoms with Gasteiger partial charge in [-0.15, -0.1) is 0 Å². The summed E-state index contributed by atoms with van der Waals surface area (Å²) in [4.78, 5) is 4.21. The summed E-state index contributed by atoms with van der Waals surface area (Å²) >= 11 is 0. The molecule has 0 aliphatic carbocycles. The third-order valence-corrected chi connectivity index (χ3v) is 2.39. The maximum absolute atomic E-state index is 8.77. The average Bonchev–Trinajstić information content (AvgIpc) is 2.36. The van der Waals surface area contributed by atoms with E-state index in [9.17, 15) is 0 Å². The Kier molecular flexibility index (Phi) is 2.61. The molecular formula is C12H11N3O. The van der Waals surface area contributed by atoms with Gasteiger partial charge in [-0.3, -0.25) is 0 Å². The van der Waals surface area contributed by atoms with Crippen LogP contribution in [0.4, 0.5) is 5.69 Å². The summed E-state index contributed by atoms with van der Waals surface area (Å²) in [7, 11) is 3.44. The van der Waals surface area contributed by atoms with Crippen molar-refractivity contribution in [1.29, 1.82) is 5.26 Å². The number of pyridine rings is 1. The fraction of sp³-hybridized carbons (Fsp3) is 0.167. The summed E-state index contributed by atoms with van der Waals surface area (Å²) in [6.45, 7) is 0. The molecule has 0 bridgehead atoms. The van der Waals surface area contributed by atoms with Gasteiger partial charge in [-0.1, -0.05) is 0 Å². The van der Waals surface area contributed by atoms with Crippen molar-refractivity contribution >= 4 is 16.6 Å². The predicted octanol–water partition coefficient (Wildman–Crippen LogP) is 2.16. The summed E-state index contributed by atoms with van der Waals surface area (Å²) in [6.07, 6.45) is 0. The number of nitrogens with zero attached hydrogens (tertiary/aromatic N) is 2. The van der Waals surface area contributed by atoms with Crippen LogP contribution in [0.1, 0.15) is 5.69 Å². The zero-order valence-electron chi connectivity index (χ0n) is 9.11. The molecule has 0 fully saturated rings. The minimum atomic E-state index is 0.409. The largest absolute Gasteiger partial charge is 0.495 e. The number of benzene rings is 1. The zero-order valence-corrected chi connectivity index (χ0v) is 9.11. The summed E-state index contributed by atoms with van der Waals surface area (Å²) in [5, 5.41) is 12.8. The molecule has 2 aromatic rings. The SMILES string of the molecule is CNc1cc2ccc(C#N)nc2cc1OC. The zero-order chi connectivity index (χ0) is 11.5. The van der Waals surface area contributed by atoms with Gasteiger partial charge in [0.05, 0.1) is 18.3 Å². The van der Waals surface area contributed by atoms with E-state index in [4.69, 9.17) is 10.00 Å². The summed E-state index contributed by atoms with van der Waals surface area (Å²) in [6, 6.07) is 9.36. The molecule has 0 saturated carbocycles. The van der Waals surface area contributed by atoms with Crippen molar-refractivity contribution in [3.05, 3.63) is 30.0 Å². The van der Waals surface area contributed by atoms with E-state index in [1.807, 2.05) is 31.3 Å². The number of nitriles is 1. The van der Waals surface area contributed by atoms with Gasteiger partial charge < -0.3 is 10.1 Å². The predicted molar refractivity (Wildman–Crippen MR) is 62.6 cm³/mol. The highest BCUT2D eigenvalue weighted by atomic mass is 16.5. The third-order valence-electron chi connectivity index (χ3n) is 2.39. The van der Waals surface area contributed by atoms with Crippen LogP contribution in [0.15, 0.2) is 24.3 Å². The van der Waals surface area contributed by atoms with Crippen LogP contribution in [-0.2, 0) is 0 Å². The topological polar surface area (TPSA) is 57.9 Å². The highest BCUT2D eigenvalue weighted by Gasteiger charge is 2.05. The number of hydrogen-bond acceptors (Lipinski definition) is 4. The molecule has 1 aromatic heterocycles. The number of methoxy groups -OCH3 is 1. The molecule has 0 spiro atoms. The highest BCUT2D eigenvalue weighted by molar-refractivity contribution is 5.86. The van der Waals surface area contributed by atoms with Crippen LogP contribution in [0.5, 0.6) is 5.75 Å². The normalized spacial score (nSPS) is 9.81. The van der Waals surface area contributed by atoms with Crippen molar-refractivity contribution in [3.63, 3.8) is 0 Å². The summed E-state index contributed by atoms with van der Waals surface area (Å²) < 4.78 is 5.23. The Morgan fingerprint density at radius 3 is 2.81 bits per heavy atom. The molecule has 4 heteroatoms. The molecule has 1 heterocycles. The average molecular weight is 213 g/mol. The van der Waals surface area contributed by atoms with Crippen LogP contribution in [0, 0.1) is 11.3 Å². The quantitative estimate of drug-likeness (QED) is 0.830. The Bertz CT molecular complexity index is 572. The lowest BCUT2D eigenvalue weighted by Gasteiger charge is -2.09. The van der Waals surface area contributed by atoms with Gasteiger partial charge >= 0.3 is 0 Å².